The van der Waals surface area contributed by atoms with Gasteiger partial charge in [0.15, 0.2) is 0 Å². The fourth-order valence-corrected chi connectivity index (χ4v) is 2.56. The number of hydrogen-bond donors (Lipinski definition) is 0. The monoisotopic (exact) mass is 323 g/mol. The number of aromatic nitrogens is 5. The Morgan fingerprint density at radius 3 is 1.54 bits per heavy atom. The topological polar surface area (TPSA) is 82.7 Å². The Balaban J connectivity index is 1.97. The van der Waals surface area contributed by atoms with Crippen molar-refractivity contribution in [1.82, 2.24) is 24.5 Å². The molecule has 0 radical (unpaired) electrons. The van der Waals surface area contributed by atoms with E-state index in [4.69, 9.17) is 0 Å². The zero-order valence-corrected chi connectivity index (χ0v) is 13.9. The quantitative estimate of drug-likeness (QED) is 0.721. The highest BCUT2D eigenvalue weighted by molar-refractivity contribution is 5.97. The van der Waals surface area contributed by atoms with E-state index in [1.807, 2.05) is 26.0 Å². The third-order valence-corrected chi connectivity index (χ3v) is 3.59. The molecule has 0 atom stereocenters. The summed E-state index contributed by atoms with van der Waals surface area (Å²) in [7, 11) is 0. The van der Waals surface area contributed by atoms with Crippen LogP contribution in [0.2, 0.25) is 0 Å². The standard InChI is InChI=1S/C17H17N5O2/c1-10-8-12(3)21(19-10)16(23)14-6-5-7-15(18-14)17(24)22-13(4)9-11(2)20-22/h5-9H,1-4H3. The normalized spacial score (nSPS) is 10.8. The van der Waals surface area contributed by atoms with Crippen molar-refractivity contribution in [1.29, 1.82) is 0 Å². The molecular weight excluding hydrogens is 306 g/mol. The van der Waals surface area contributed by atoms with E-state index in [0.717, 1.165) is 22.8 Å². The highest BCUT2D eigenvalue weighted by Crippen LogP contribution is 2.09. The van der Waals surface area contributed by atoms with Gasteiger partial charge in [-0.05, 0) is 52.0 Å². The second-order valence-corrected chi connectivity index (χ2v) is 5.70. The van der Waals surface area contributed by atoms with Crippen molar-refractivity contribution in [3.63, 3.8) is 0 Å². The van der Waals surface area contributed by atoms with Gasteiger partial charge in [-0.3, -0.25) is 9.59 Å². The lowest BCUT2D eigenvalue weighted by Crippen LogP contribution is -2.21. The number of carbonyl (C=O) groups excluding carboxylic acids is 2. The van der Waals surface area contributed by atoms with Crippen molar-refractivity contribution in [2.24, 2.45) is 0 Å². The van der Waals surface area contributed by atoms with E-state index in [0.29, 0.717) is 0 Å². The predicted molar refractivity (Wildman–Crippen MR) is 87.1 cm³/mol. The number of hydrogen-bond acceptors (Lipinski definition) is 5. The second kappa shape index (κ2) is 5.84. The van der Waals surface area contributed by atoms with E-state index in [1.54, 1.807) is 32.0 Å². The zero-order valence-electron chi connectivity index (χ0n) is 13.9. The number of carbonyl (C=O) groups is 2. The highest BCUT2D eigenvalue weighted by Gasteiger charge is 2.18. The average molecular weight is 323 g/mol. The molecule has 0 spiro atoms. The van der Waals surface area contributed by atoms with Crippen molar-refractivity contribution >= 4 is 11.8 Å². The van der Waals surface area contributed by atoms with E-state index >= 15 is 0 Å². The van der Waals surface area contributed by atoms with Gasteiger partial charge in [-0.25, -0.2) is 4.98 Å². The smallest absolute Gasteiger partial charge is 0.265 e. The van der Waals surface area contributed by atoms with Crippen LogP contribution in [0.4, 0.5) is 0 Å². The lowest BCUT2D eigenvalue weighted by atomic mass is 10.2. The molecule has 0 aliphatic heterocycles. The van der Waals surface area contributed by atoms with Gasteiger partial charge in [0.2, 0.25) is 0 Å². The first-order valence-electron chi connectivity index (χ1n) is 7.50. The molecule has 0 aliphatic rings. The van der Waals surface area contributed by atoms with Crippen LogP contribution >= 0.6 is 0 Å². The first kappa shape index (κ1) is 15.8. The van der Waals surface area contributed by atoms with Crippen LogP contribution in [0.3, 0.4) is 0 Å². The van der Waals surface area contributed by atoms with Gasteiger partial charge in [-0.15, -0.1) is 0 Å². The van der Waals surface area contributed by atoms with Crippen molar-refractivity contribution < 1.29 is 9.59 Å². The molecule has 0 unspecified atom stereocenters. The van der Waals surface area contributed by atoms with Crippen LogP contribution < -0.4 is 0 Å². The molecule has 122 valence electrons. The maximum atomic E-state index is 12.6. The average Bonchev–Trinajstić information content (AvgIpc) is 3.06. The summed E-state index contributed by atoms with van der Waals surface area (Å²) in [5, 5.41) is 8.32. The summed E-state index contributed by atoms with van der Waals surface area (Å²) in [4.78, 5) is 29.3. The van der Waals surface area contributed by atoms with Crippen LogP contribution in [-0.2, 0) is 0 Å². The first-order chi connectivity index (χ1) is 11.4. The minimum absolute atomic E-state index is 0.161. The van der Waals surface area contributed by atoms with Crippen LogP contribution in [0.15, 0.2) is 30.3 Å². The maximum Gasteiger partial charge on any atom is 0.296 e. The lowest BCUT2D eigenvalue weighted by molar-refractivity contribution is 0.0932. The molecule has 0 bridgehead atoms. The van der Waals surface area contributed by atoms with Gasteiger partial charge < -0.3 is 0 Å². The van der Waals surface area contributed by atoms with Gasteiger partial charge in [0.05, 0.1) is 11.4 Å². The number of nitrogens with zero attached hydrogens (tertiary/aromatic N) is 5. The van der Waals surface area contributed by atoms with E-state index in [2.05, 4.69) is 15.2 Å². The van der Waals surface area contributed by atoms with Gasteiger partial charge in [0, 0.05) is 11.4 Å². The van der Waals surface area contributed by atoms with Gasteiger partial charge in [0.25, 0.3) is 11.8 Å². The Hall–Kier alpha value is -3.09. The van der Waals surface area contributed by atoms with Crippen molar-refractivity contribution in [2.75, 3.05) is 0 Å². The van der Waals surface area contributed by atoms with Crippen LogP contribution in [0.25, 0.3) is 0 Å². The van der Waals surface area contributed by atoms with Gasteiger partial charge in [0.1, 0.15) is 11.4 Å². The molecule has 3 aromatic heterocycles. The second-order valence-electron chi connectivity index (χ2n) is 5.70. The molecule has 0 saturated carbocycles. The molecule has 3 aromatic rings. The molecule has 7 nitrogen and oxygen atoms in total. The number of rotatable bonds is 2. The summed E-state index contributed by atoms with van der Waals surface area (Å²) in [6.45, 7) is 7.21. The summed E-state index contributed by atoms with van der Waals surface area (Å²) in [5.41, 5.74) is 3.25. The van der Waals surface area contributed by atoms with E-state index in [-0.39, 0.29) is 23.2 Å². The summed E-state index contributed by atoms with van der Waals surface area (Å²) >= 11 is 0. The maximum absolute atomic E-state index is 12.6. The molecule has 0 fully saturated rings. The Labute approximate surface area is 138 Å². The molecule has 0 aliphatic carbocycles. The minimum Gasteiger partial charge on any atom is -0.265 e. The molecule has 3 heterocycles. The molecule has 24 heavy (non-hydrogen) atoms. The van der Waals surface area contributed by atoms with Crippen LogP contribution in [0, 0.1) is 27.7 Å². The Bertz CT molecular complexity index is 878. The molecular formula is C17H17N5O2. The van der Waals surface area contributed by atoms with Crippen LogP contribution in [-0.4, -0.2) is 36.4 Å². The molecule has 0 amide bonds. The van der Waals surface area contributed by atoms with E-state index in [1.165, 1.54) is 9.36 Å². The SMILES string of the molecule is Cc1cc(C)n(C(=O)c2cccc(C(=O)n3nc(C)cc3C)n2)n1. The molecule has 0 saturated heterocycles. The van der Waals surface area contributed by atoms with E-state index in [9.17, 15) is 9.59 Å². The summed E-state index contributed by atoms with van der Waals surface area (Å²) in [6.07, 6.45) is 0. The van der Waals surface area contributed by atoms with Crippen LogP contribution in [0.1, 0.15) is 43.8 Å². The molecule has 7 heteroatoms. The summed E-state index contributed by atoms with van der Waals surface area (Å²) in [6, 6.07) is 8.38. The zero-order chi connectivity index (χ0) is 17.4. The molecule has 0 N–H and O–H groups in total. The third kappa shape index (κ3) is 2.76. The van der Waals surface area contributed by atoms with E-state index < -0.39 is 0 Å². The van der Waals surface area contributed by atoms with Crippen molar-refractivity contribution in [3.05, 3.63) is 64.5 Å². The number of aryl methyl sites for hydroxylation is 4. The Morgan fingerprint density at radius 2 is 1.21 bits per heavy atom. The molecule has 3 rings (SSSR count). The van der Waals surface area contributed by atoms with Gasteiger partial charge in [-0.2, -0.15) is 19.6 Å². The minimum atomic E-state index is -0.372. The first-order valence-corrected chi connectivity index (χ1v) is 7.50. The summed E-state index contributed by atoms with van der Waals surface area (Å²) in [5.74, 6) is -0.743. The fourth-order valence-electron chi connectivity index (χ4n) is 2.56. The van der Waals surface area contributed by atoms with Gasteiger partial charge in [-0.1, -0.05) is 6.07 Å². The Kier molecular flexibility index (Phi) is 3.84. The predicted octanol–water partition coefficient (Wildman–Crippen LogP) is 2.09. The van der Waals surface area contributed by atoms with Crippen LogP contribution in [0.5, 0.6) is 0 Å². The lowest BCUT2D eigenvalue weighted by Gasteiger charge is -2.06. The fraction of sp³-hybridized carbons (Fsp3) is 0.235. The van der Waals surface area contributed by atoms with Crippen molar-refractivity contribution in [2.45, 2.75) is 27.7 Å². The highest BCUT2D eigenvalue weighted by atomic mass is 16.2. The third-order valence-electron chi connectivity index (χ3n) is 3.59. The summed E-state index contributed by atoms with van der Waals surface area (Å²) < 4.78 is 2.57. The van der Waals surface area contributed by atoms with Crippen molar-refractivity contribution in [3.8, 4) is 0 Å². The Morgan fingerprint density at radius 1 is 0.792 bits per heavy atom. The van der Waals surface area contributed by atoms with Gasteiger partial charge >= 0.3 is 0 Å². The number of pyridine rings is 1. The largest absolute Gasteiger partial charge is 0.296 e. The molecule has 0 aromatic carbocycles.